The second-order valence-electron chi connectivity index (χ2n) is 3.60. The summed E-state index contributed by atoms with van der Waals surface area (Å²) in [6.45, 7) is 1.90. The van der Waals surface area contributed by atoms with Crippen LogP contribution in [0.4, 0.5) is 5.69 Å². The minimum absolute atomic E-state index is 0.0877. The summed E-state index contributed by atoms with van der Waals surface area (Å²) >= 11 is 0. The number of carbonyl (C=O) groups excluding carboxylic acids is 1. The Morgan fingerprint density at radius 2 is 2.32 bits per heavy atom. The molecule has 0 fully saturated rings. The third kappa shape index (κ3) is 2.59. The van der Waals surface area contributed by atoms with Gasteiger partial charge in [-0.15, -0.1) is 0 Å². The second kappa shape index (κ2) is 5.30. The number of rotatable bonds is 4. The van der Waals surface area contributed by atoms with E-state index in [1.54, 1.807) is 13.0 Å². The first kappa shape index (κ1) is 12.7. The van der Waals surface area contributed by atoms with Crippen molar-refractivity contribution >= 4 is 11.7 Å². The molecule has 0 unspecified atom stereocenters. The van der Waals surface area contributed by atoms with E-state index < -0.39 is 10.9 Å². The summed E-state index contributed by atoms with van der Waals surface area (Å²) in [5, 5.41) is 14.4. The molecule has 7 heteroatoms. The number of hydrogen-bond donors (Lipinski definition) is 0. The molecule has 2 rings (SSSR count). The fourth-order valence-corrected chi connectivity index (χ4v) is 1.57. The minimum atomic E-state index is -0.578. The zero-order valence-corrected chi connectivity index (χ0v) is 10.0. The summed E-state index contributed by atoms with van der Waals surface area (Å²) in [4.78, 5) is 21.9. The topological polar surface area (TPSA) is 95.5 Å². The van der Waals surface area contributed by atoms with Crippen molar-refractivity contribution in [1.82, 2.24) is 5.16 Å². The molecule has 0 aliphatic carbocycles. The van der Waals surface area contributed by atoms with Crippen LogP contribution in [-0.4, -0.2) is 22.7 Å². The maximum absolute atomic E-state index is 11.7. The average Bonchev–Trinajstić information content (AvgIpc) is 2.88. The van der Waals surface area contributed by atoms with E-state index >= 15 is 0 Å². The van der Waals surface area contributed by atoms with Crippen molar-refractivity contribution in [2.24, 2.45) is 0 Å². The lowest BCUT2D eigenvalue weighted by Gasteiger charge is -2.01. The molecule has 2 aromatic rings. The number of nitrogens with zero attached hydrogens (tertiary/aromatic N) is 2. The molecule has 0 spiro atoms. The third-order valence-electron chi connectivity index (χ3n) is 2.40. The molecule has 1 heterocycles. The van der Waals surface area contributed by atoms with Crippen LogP contribution < -0.4 is 0 Å². The van der Waals surface area contributed by atoms with E-state index in [9.17, 15) is 14.9 Å². The average molecular weight is 262 g/mol. The molecule has 7 nitrogen and oxygen atoms in total. The van der Waals surface area contributed by atoms with E-state index in [0.29, 0.717) is 5.56 Å². The van der Waals surface area contributed by atoms with Gasteiger partial charge in [0.15, 0.2) is 0 Å². The highest BCUT2D eigenvalue weighted by Gasteiger charge is 2.19. The smallest absolute Gasteiger partial charge is 0.343 e. The monoisotopic (exact) mass is 262 g/mol. The van der Waals surface area contributed by atoms with Gasteiger partial charge in [-0.25, -0.2) is 4.79 Å². The van der Waals surface area contributed by atoms with E-state index in [2.05, 4.69) is 5.16 Å². The quantitative estimate of drug-likeness (QED) is 0.477. The van der Waals surface area contributed by atoms with Crippen LogP contribution in [0.2, 0.25) is 0 Å². The highest BCUT2D eigenvalue weighted by Crippen LogP contribution is 2.26. The van der Waals surface area contributed by atoms with Gasteiger partial charge in [-0.2, -0.15) is 0 Å². The van der Waals surface area contributed by atoms with Crippen molar-refractivity contribution in [2.75, 3.05) is 6.61 Å². The predicted octanol–water partition coefficient (Wildman–Crippen LogP) is 2.43. The van der Waals surface area contributed by atoms with Crippen LogP contribution in [-0.2, 0) is 4.74 Å². The number of nitro benzene ring substituents is 1. The van der Waals surface area contributed by atoms with Crippen molar-refractivity contribution < 1.29 is 19.0 Å². The molecule has 1 aromatic heterocycles. The lowest BCUT2D eigenvalue weighted by Crippen LogP contribution is -2.05. The minimum Gasteiger partial charge on any atom is -0.462 e. The molecule has 1 aromatic carbocycles. The molecule has 0 amide bonds. The number of non-ortho nitro benzene ring substituents is 1. The Morgan fingerprint density at radius 1 is 1.53 bits per heavy atom. The molecule has 19 heavy (non-hydrogen) atoms. The summed E-state index contributed by atoms with van der Waals surface area (Å²) in [5.41, 5.74) is 0.700. The highest BCUT2D eigenvalue weighted by atomic mass is 16.6. The number of hydrogen-bond acceptors (Lipinski definition) is 6. The Bertz CT molecular complexity index is 620. The van der Waals surface area contributed by atoms with Gasteiger partial charge < -0.3 is 9.26 Å². The fraction of sp³-hybridized carbons (Fsp3) is 0.167. The molecule has 0 aliphatic heterocycles. The van der Waals surface area contributed by atoms with Gasteiger partial charge in [0.25, 0.3) is 5.69 Å². The number of benzene rings is 1. The fourth-order valence-electron chi connectivity index (χ4n) is 1.57. The number of nitro groups is 1. The van der Waals surface area contributed by atoms with Gasteiger partial charge in [0, 0.05) is 17.7 Å². The largest absolute Gasteiger partial charge is 0.462 e. The zero-order chi connectivity index (χ0) is 13.8. The van der Waals surface area contributed by atoms with E-state index in [1.807, 2.05) is 0 Å². The predicted molar refractivity (Wildman–Crippen MR) is 64.5 cm³/mol. The van der Waals surface area contributed by atoms with Gasteiger partial charge >= 0.3 is 5.97 Å². The van der Waals surface area contributed by atoms with Gasteiger partial charge in [0.2, 0.25) is 0 Å². The molecule has 0 N–H and O–H groups in total. The molecule has 0 atom stereocenters. The Balaban J connectivity index is 2.42. The van der Waals surface area contributed by atoms with Crippen molar-refractivity contribution in [2.45, 2.75) is 6.92 Å². The third-order valence-corrected chi connectivity index (χ3v) is 2.40. The van der Waals surface area contributed by atoms with Crippen LogP contribution in [0, 0.1) is 10.1 Å². The second-order valence-corrected chi connectivity index (χ2v) is 3.60. The van der Waals surface area contributed by atoms with Crippen molar-refractivity contribution in [3.8, 4) is 11.3 Å². The van der Waals surface area contributed by atoms with Crippen molar-refractivity contribution in [3.05, 3.63) is 46.2 Å². The molecule has 0 radical (unpaired) electrons. The van der Waals surface area contributed by atoms with Gasteiger partial charge in [-0.3, -0.25) is 10.1 Å². The summed E-state index contributed by atoms with van der Waals surface area (Å²) in [6, 6.07) is 5.79. The Morgan fingerprint density at radius 3 is 3.00 bits per heavy atom. The van der Waals surface area contributed by atoms with Crippen LogP contribution in [0.5, 0.6) is 0 Å². The first-order valence-corrected chi connectivity index (χ1v) is 5.49. The SMILES string of the molecule is CCOC(=O)c1conc1-c1cccc([N+](=O)[O-])c1. The molecular weight excluding hydrogens is 252 g/mol. The van der Waals surface area contributed by atoms with Crippen LogP contribution in [0.1, 0.15) is 17.3 Å². The lowest BCUT2D eigenvalue weighted by molar-refractivity contribution is -0.384. The molecule has 0 saturated carbocycles. The van der Waals surface area contributed by atoms with Crippen molar-refractivity contribution in [1.29, 1.82) is 0 Å². The zero-order valence-electron chi connectivity index (χ0n) is 10.0. The standard InChI is InChI=1S/C12H10N2O5/c1-2-18-12(15)10-7-19-13-11(10)8-4-3-5-9(6-8)14(16)17/h3-7H,2H2,1H3. The summed E-state index contributed by atoms with van der Waals surface area (Å²) < 4.78 is 9.60. The van der Waals surface area contributed by atoms with Crippen LogP contribution in [0.25, 0.3) is 11.3 Å². The first-order valence-electron chi connectivity index (χ1n) is 5.49. The van der Waals surface area contributed by atoms with Crippen molar-refractivity contribution in [3.63, 3.8) is 0 Å². The van der Waals surface area contributed by atoms with Crippen LogP contribution in [0.3, 0.4) is 0 Å². The molecule has 0 saturated heterocycles. The molecule has 0 aliphatic rings. The van der Waals surface area contributed by atoms with Gasteiger partial charge in [0.1, 0.15) is 17.5 Å². The number of carbonyl (C=O) groups is 1. The Hall–Kier alpha value is -2.70. The highest BCUT2D eigenvalue weighted by molar-refractivity contribution is 5.95. The van der Waals surface area contributed by atoms with E-state index in [0.717, 1.165) is 6.26 Å². The Labute approximate surface area is 107 Å². The molecule has 0 bridgehead atoms. The summed E-state index contributed by atoms with van der Waals surface area (Å²) in [7, 11) is 0. The van der Waals surface area contributed by atoms with Crippen LogP contribution in [0.15, 0.2) is 35.1 Å². The number of esters is 1. The summed E-state index contributed by atoms with van der Waals surface area (Å²) in [5.74, 6) is -0.578. The number of ether oxygens (including phenoxy) is 1. The van der Waals surface area contributed by atoms with E-state index in [4.69, 9.17) is 9.26 Å². The summed E-state index contributed by atoms with van der Waals surface area (Å²) in [6.07, 6.45) is 1.16. The first-order chi connectivity index (χ1) is 9.13. The van der Waals surface area contributed by atoms with E-state index in [-0.39, 0.29) is 23.6 Å². The lowest BCUT2D eigenvalue weighted by atomic mass is 10.1. The maximum Gasteiger partial charge on any atom is 0.343 e. The van der Waals surface area contributed by atoms with E-state index in [1.165, 1.54) is 18.2 Å². The number of aromatic nitrogens is 1. The maximum atomic E-state index is 11.7. The molecular formula is C12H10N2O5. The van der Waals surface area contributed by atoms with Gasteiger partial charge in [-0.05, 0) is 6.92 Å². The normalized spacial score (nSPS) is 10.2. The van der Waals surface area contributed by atoms with Gasteiger partial charge in [-0.1, -0.05) is 17.3 Å². The van der Waals surface area contributed by atoms with Crippen LogP contribution >= 0.6 is 0 Å². The molecule has 98 valence electrons. The van der Waals surface area contributed by atoms with Gasteiger partial charge in [0.05, 0.1) is 11.5 Å². The Kier molecular flexibility index (Phi) is 3.56.